The highest BCUT2D eigenvalue weighted by molar-refractivity contribution is 5.77. The van der Waals surface area contributed by atoms with Crippen LogP contribution in [0.5, 0.6) is 0 Å². The Morgan fingerprint density at radius 1 is 1.07 bits per heavy atom. The third-order valence-corrected chi connectivity index (χ3v) is 5.52. The molecule has 8 heteroatoms. The fourth-order valence-corrected chi connectivity index (χ4v) is 4.13. The molecule has 0 amide bonds. The van der Waals surface area contributed by atoms with Crippen LogP contribution in [-0.2, 0) is 6.42 Å². The maximum atomic E-state index is 11.9. The van der Waals surface area contributed by atoms with Crippen LogP contribution in [0, 0.1) is 10.1 Å². The van der Waals surface area contributed by atoms with Crippen molar-refractivity contribution in [1.29, 1.82) is 0 Å². The number of hydrogen-bond acceptors (Lipinski definition) is 7. The van der Waals surface area contributed by atoms with E-state index in [0.717, 1.165) is 38.2 Å². The second-order valence-corrected chi connectivity index (χ2v) is 7.36. The zero-order valence-electron chi connectivity index (χ0n) is 16.0. The predicted octanol–water partition coefficient (Wildman–Crippen LogP) is 3.37. The van der Waals surface area contributed by atoms with Crippen molar-refractivity contribution in [1.82, 2.24) is 14.9 Å². The van der Waals surface area contributed by atoms with E-state index in [-0.39, 0.29) is 10.6 Å². The zero-order chi connectivity index (χ0) is 19.3. The van der Waals surface area contributed by atoms with Crippen molar-refractivity contribution in [3.05, 3.63) is 46.3 Å². The van der Waals surface area contributed by atoms with Crippen LogP contribution in [0.2, 0.25) is 0 Å². The maximum absolute atomic E-state index is 11.9. The lowest BCUT2D eigenvalue weighted by Crippen LogP contribution is -2.34. The van der Waals surface area contributed by atoms with Gasteiger partial charge in [-0.3, -0.25) is 10.1 Å². The summed E-state index contributed by atoms with van der Waals surface area (Å²) >= 11 is 0. The normalized spacial score (nSPS) is 17.2. The van der Waals surface area contributed by atoms with Gasteiger partial charge in [0.15, 0.2) is 0 Å². The molecule has 2 aromatic rings. The molecule has 148 valence electrons. The molecule has 2 aliphatic heterocycles. The summed E-state index contributed by atoms with van der Waals surface area (Å²) in [5, 5.41) is 15.1. The second kappa shape index (κ2) is 8.52. The molecule has 0 unspecified atom stereocenters. The largest absolute Gasteiger partial charge is 0.363 e. The van der Waals surface area contributed by atoms with E-state index < -0.39 is 0 Å². The molecule has 2 aliphatic rings. The Kier molecular flexibility index (Phi) is 5.66. The van der Waals surface area contributed by atoms with Crippen molar-refractivity contribution in [3.8, 4) is 0 Å². The van der Waals surface area contributed by atoms with Crippen LogP contribution in [0.15, 0.2) is 30.6 Å². The van der Waals surface area contributed by atoms with E-state index in [9.17, 15) is 10.1 Å². The van der Waals surface area contributed by atoms with Gasteiger partial charge in [0, 0.05) is 25.3 Å². The summed E-state index contributed by atoms with van der Waals surface area (Å²) in [6.07, 6.45) is 7.09. The highest BCUT2D eigenvalue weighted by atomic mass is 16.6. The molecule has 1 aromatic carbocycles. The van der Waals surface area contributed by atoms with Crippen LogP contribution in [-0.4, -0.2) is 52.5 Å². The minimum Gasteiger partial charge on any atom is -0.363 e. The highest BCUT2D eigenvalue weighted by Crippen LogP contribution is 2.39. The molecular formula is C20H26N6O2. The monoisotopic (exact) mass is 382 g/mol. The molecule has 0 spiro atoms. The average molecular weight is 382 g/mol. The molecule has 3 heterocycles. The van der Waals surface area contributed by atoms with Gasteiger partial charge < -0.3 is 15.1 Å². The molecule has 0 saturated carbocycles. The fraction of sp³-hybridized carbons (Fsp3) is 0.500. The van der Waals surface area contributed by atoms with Gasteiger partial charge in [-0.1, -0.05) is 24.6 Å². The Balaban J connectivity index is 1.57. The smallest absolute Gasteiger partial charge is 0.353 e. The zero-order valence-corrected chi connectivity index (χ0v) is 16.0. The number of fused-ring (bicyclic) bond motifs is 1. The molecule has 28 heavy (non-hydrogen) atoms. The first kappa shape index (κ1) is 18.6. The summed E-state index contributed by atoms with van der Waals surface area (Å²) in [6, 6.07) is 8.04. The van der Waals surface area contributed by atoms with E-state index in [4.69, 9.17) is 0 Å². The van der Waals surface area contributed by atoms with Crippen molar-refractivity contribution in [2.45, 2.75) is 32.1 Å². The molecule has 1 N–H and O–H groups in total. The molecule has 1 saturated heterocycles. The van der Waals surface area contributed by atoms with Gasteiger partial charge in [0.05, 0.1) is 4.92 Å². The van der Waals surface area contributed by atoms with Crippen LogP contribution in [0.3, 0.4) is 0 Å². The number of para-hydroxylation sites is 1. The van der Waals surface area contributed by atoms with Crippen LogP contribution >= 0.6 is 0 Å². The predicted molar refractivity (Wildman–Crippen MR) is 109 cm³/mol. The van der Waals surface area contributed by atoms with Crippen LogP contribution in [0.4, 0.5) is 23.0 Å². The standard InChI is InChI=1S/C20H26N6O2/c27-26(28)18-19(21-10-14-24-11-4-1-5-12-24)22-15-23-20(18)25-13-6-8-16-7-2-3-9-17(16)25/h2-3,7,9,15H,1,4-6,8,10-14H2,(H,21,22,23). The average Bonchev–Trinajstić information content (AvgIpc) is 2.74. The minimum atomic E-state index is -0.365. The molecule has 0 bridgehead atoms. The van der Waals surface area contributed by atoms with Crippen molar-refractivity contribution >= 4 is 23.0 Å². The molecule has 1 aromatic heterocycles. The third-order valence-electron chi connectivity index (χ3n) is 5.52. The summed E-state index contributed by atoms with van der Waals surface area (Å²) in [4.78, 5) is 24.4. The van der Waals surface area contributed by atoms with Crippen LogP contribution in [0.1, 0.15) is 31.2 Å². The molecule has 0 atom stereocenters. The number of nitrogens with zero attached hydrogens (tertiary/aromatic N) is 5. The fourth-order valence-electron chi connectivity index (χ4n) is 4.13. The molecular weight excluding hydrogens is 356 g/mol. The van der Waals surface area contributed by atoms with Gasteiger partial charge in [0.25, 0.3) is 0 Å². The number of piperidine rings is 1. The molecule has 0 radical (unpaired) electrons. The number of nitrogens with one attached hydrogen (secondary N) is 1. The van der Waals surface area contributed by atoms with E-state index in [0.29, 0.717) is 24.7 Å². The summed E-state index contributed by atoms with van der Waals surface area (Å²) in [5.41, 5.74) is 2.15. The first-order chi connectivity index (χ1) is 13.7. The summed E-state index contributed by atoms with van der Waals surface area (Å²) in [6.45, 7) is 4.41. The van der Waals surface area contributed by atoms with Gasteiger partial charge in [-0.2, -0.15) is 0 Å². The number of likely N-dealkylation sites (tertiary alicyclic amines) is 1. The Bertz CT molecular complexity index is 837. The Labute approximate surface area is 164 Å². The topological polar surface area (TPSA) is 87.4 Å². The summed E-state index contributed by atoms with van der Waals surface area (Å²) in [7, 11) is 0. The van der Waals surface area contributed by atoms with Gasteiger partial charge in [0.2, 0.25) is 11.6 Å². The van der Waals surface area contributed by atoms with Crippen LogP contribution < -0.4 is 10.2 Å². The lowest BCUT2D eigenvalue weighted by molar-refractivity contribution is -0.383. The van der Waals surface area contributed by atoms with Crippen molar-refractivity contribution in [3.63, 3.8) is 0 Å². The number of benzene rings is 1. The van der Waals surface area contributed by atoms with E-state index in [1.165, 1.54) is 31.2 Å². The van der Waals surface area contributed by atoms with Crippen LogP contribution in [0.25, 0.3) is 0 Å². The lowest BCUT2D eigenvalue weighted by Gasteiger charge is -2.30. The number of aryl methyl sites for hydroxylation is 1. The molecule has 4 rings (SSSR count). The first-order valence-corrected chi connectivity index (χ1v) is 10.0. The number of rotatable bonds is 6. The van der Waals surface area contributed by atoms with Crippen molar-refractivity contribution in [2.24, 2.45) is 0 Å². The first-order valence-electron chi connectivity index (χ1n) is 10.0. The number of nitro groups is 1. The van der Waals surface area contributed by atoms with E-state index in [1.54, 1.807) is 0 Å². The van der Waals surface area contributed by atoms with Gasteiger partial charge in [-0.05, 0) is 50.4 Å². The molecule has 1 fully saturated rings. The lowest BCUT2D eigenvalue weighted by atomic mass is 10.0. The highest BCUT2D eigenvalue weighted by Gasteiger charge is 2.30. The van der Waals surface area contributed by atoms with E-state index in [1.807, 2.05) is 23.1 Å². The SMILES string of the molecule is O=[N+]([O-])c1c(NCCN2CCCCC2)ncnc1N1CCCc2ccccc21. The maximum Gasteiger partial charge on any atom is 0.353 e. The number of anilines is 3. The van der Waals surface area contributed by atoms with E-state index >= 15 is 0 Å². The summed E-state index contributed by atoms with van der Waals surface area (Å²) < 4.78 is 0. The Hall–Kier alpha value is -2.74. The number of hydrogen-bond donors (Lipinski definition) is 1. The quantitative estimate of drug-likeness (QED) is 0.605. The Morgan fingerprint density at radius 3 is 2.71 bits per heavy atom. The third kappa shape index (κ3) is 3.91. The molecule has 8 nitrogen and oxygen atoms in total. The summed E-state index contributed by atoms with van der Waals surface area (Å²) in [5.74, 6) is 0.669. The van der Waals surface area contributed by atoms with E-state index in [2.05, 4.69) is 26.3 Å². The van der Waals surface area contributed by atoms with Crippen molar-refractivity contribution in [2.75, 3.05) is 42.9 Å². The number of aromatic nitrogens is 2. The second-order valence-electron chi connectivity index (χ2n) is 7.36. The van der Waals surface area contributed by atoms with Gasteiger partial charge in [-0.25, -0.2) is 9.97 Å². The van der Waals surface area contributed by atoms with Gasteiger partial charge in [0.1, 0.15) is 6.33 Å². The Morgan fingerprint density at radius 2 is 1.89 bits per heavy atom. The minimum absolute atomic E-state index is 0.0437. The van der Waals surface area contributed by atoms with Gasteiger partial charge in [-0.15, -0.1) is 0 Å². The van der Waals surface area contributed by atoms with Crippen molar-refractivity contribution < 1.29 is 4.92 Å². The van der Waals surface area contributed by atoms with Gasteiger partial charge >= 0.3 is 5.69 Å². The molecule has 0 aliphatic carbocycles.